The van der Waals surface area contributed by atoms with Crippen LogP contribution in [0, 0.1) is 0 Å². The summed E-state index contributed by atoms with van der Waals surface area (Å²) < 4.78 is 1.70. The number of rotatable bonds is 0. The molecule has 1 aromatic heterocycles. The van der Waals surface area contributed by atoms with E-state index in [0.717, 1.165) is 15.8 Å². The molecule has 0 N–H and O–H groups in total. The topological polar surface area (TPSA) is 59.4 Å². The van der Waals surface area contributed by atoms with E-state index in [1.54, 1.807) is 11.6 Å². The highest BCUT2D eigenvalue weighted by Crippen LogP contribution is 2.29. The number of benzene rings is 1. The molecule has 2 amide bonds. The van der Waals surface area contributed by atoms with E-state index in [-0.39, 0.29) is 24.7 Å². The minimum Gasteiger partial charge on any atom is -0.339 e. The lowest BCUT2D eigenvalue weighted by molar-refractivity contribution is -0.126. The predicted molar refractivity (Wildman–Crippen MR) is 73.6 cm³/mol. The minimum atomic E-state index is -0.392. The normalized spacial score (nSPS) is 15.4. The number of Topliss-reactive ketones (excluding diaryl/α,β-unsaturated/α-hetero) is 1. The number of nitrogens with zero attached hydrogens (tertiary/aromatic N) is 2. The first kappa shape index (κ1) is 12.6. The Kier molecular flexibility index (Phi) is 2.71. The van der Waals surface area contributed by atoms with Crippen LogP contribution < -0.4 is 0 Å². The van der Waals surface area contributed by atoms with Crippen molar-refractivity contribution in [3.63, 3.8) is 0 Å². The summed E-state index contributed by atoms with van der Waals surface area (Å²) in [6.07, 6.45) is 0.173. The number of imide groups is 1. The fraction of sp³-hybridized carbons (Fsp3) is 0.267. The van der Waals surface area contributed by atoms with Gasteiger partial charge in [-0.1, -0.05) is 18.2 Å². The van der Waals surface area contributed by atoms with Crippen molar-refractivity contribution in [3.05, 3.63) is 35.5 Å². The van der Waals surface area contributed by atoms with Crippen molar-refractivity contribution in [2.24, 2.45) is 7.05 Å². The van der Waals surface area contributed by atoms with Crippen molar-refractivity contribution in [1.29, 1.82) is 0 Å². The molecule has 2 heterocycles. The van der Waals surface area contributed by atoms with Crippen LogP contribution in [0.1, 0.15) is 34.2 Å². The van der Waals surface area contributed by atoms with Crippen LogP contribution in [-0.2, 0) is 11.8 Å². The van der Waals surface area contributed by atoms with Crippen molar-refractivity contribution in [3.8, 4) is 0 Å². The molecule has 5 heteroatoms. The molecular weight excluding hydrogens is 256 g/mol. The van der Waals surface area contributed by atoms with Gasteiger partial charge in [0.15, 0.2) is 5.78 Å². The fourth-order valence-electron chi connectivity index (χ4n) is 2.79. The lowest BCUT2D eigenvalue weighted by atomic mass is 10.1. The van der Waals surface area contributed by atoms with Gasteiger partial charge in [0.2, 0.25) is 5.91 Å². The second kappa shape index (κ2) is 4.30. The summed E-state index contributed by atoms with van der Waals surface area (Å²) in [4.78, 5) is 37.6. The Morgan fingerprint density at radius 3 is 2.60 bits per heavy atom. The molecule has 1 aliphatic heterocycles. The summed E-state index contributed by atoms with van der Waals surface area (Å²) in [7, 11) is 1.75. The van der Waals surface area contributed by atoms with Crippen LogP contribution in [0.4, 0.5) is 0 Å². The van der Waals surface area contributed by atoms with E-state index in [4.69, 9.17) is 0 Å². The van der Waals surface area contributed by atoms with Crippen LogP contribution in [0.2, 0.25) is 0 Å². The van der Waals surface area contributed by atoms with E-state index >= 15 is 0 Å². The zero-order chi connectivity index (χ0) is 14.4. The first-order chi connectivity index (χ1) is 9.52. The molecule has 5 nitrogen and oxygen atoms in total. The molecule has 0 saturated heterocycles. The fourth-order valence-corrected chi connectivity index (χ4v) is 2.79. The first-order valence-electron chi connectivity index (χ1n) is 6.45. The van der Waals surface area contributed by atoms with Crippen LogP contribution in [-0.4, -0.2) is 33.6 Å². The molecule has 3 rings (SSSR count). The summed E-state index contributed by atoms with van der Waals surface area (Å²) in [5, 5.41) is 0.772. The molecule has 0 fully saturated rings. The van der Waals surface area contributed by atoms with Crippen molar-refractivity contribution < 1.29 is 14.4 Å². The largest absolute Gasteiger partial charge is 0.339 e. The second-order valence-electron chi connectivity index (χ2n) is 4.95. The third kappa shape index (κ3) is 1.59. The van der Waals surface area contributed by atoms with Crippen LogP contribution in [0.25, 0.3) is 10.9 Å². The molecule has 1 aliphatic rings. The number of fused-ring (bicyclic) bond motifs is 3. The Morgan fingerprint density at radius 1 is 1.20 bits per heavy atom. The van der Waals surface area contributed by atoms with Gasteiger partial charge in [-0.05, 0) is 6.07 Å². The summed E-state index contributed by atoms with van der Waals surface area (Å²) >= 11 is 0. The van der Waals surface area contributed by atoms with E-state index in [0.29, 0.717) is 11.3 Å². The molecule has 0 atom stereocenters. The second-order valence-corrected chi connectivity index (χ2v) is 4.95. The van der Waals surface area contributed by atoms with E-state index in [1.807, 2.05) is 24.3 Å². The Balaban J connectivity index is 2.35. The van der Waals surface area contributed by atoms with E-state index < -0.39 is 5.91 Å². The van der Waals surface area contributed by atoms with Crippen LogP contribution in [0.5, 0.6) is 0 Å². The highest BCUT2D eigenvalue weighted by Gasteiger charge is 2.33. The van der Waals surface area contributed by atoms with Crippen molar-refractivity contribution in [1.82, 2.24) is 9.47 Å². The van der Waals surface area contributed by atoms with Gasteiger partial charge in [0.05, 0.1) is 5.56 Å². The monoisotopic (exact) mass is 270 g/mol. The Bertz CT molecular complexity index is 758. The Labute approximate surface area is 115 Å². The van der Waals surface area contributed by atoms with Crippen LogP contribution in [0.3, 0.4) is 0 Å². The molecule has 0 spiro atoms. The van der Waals surface area contributed by atoms with Gasteiger partial charge in [0.25, 0.3) is 5.91 Å². The number of ketones is 1. The summed E-state index contributed by atoms with van der Waals surface area (Å²) in [6.45, 7) is 1.49. The number of para-hydroxylation sites is 1. The number of aryl methyl sites for hydroxylation is 1. The van der Waals surface area contributed by atoms with Crippen molar-refractivity contribution in [2.75, 3.05) is 6.54 Å². The van der Waals surface area contributed by atoms with Gasteiger partial charge in [0, 0.05) is 37.8 Å². The zero-order valence-electron chi connectivity index (χ0n) is 11.3. The molecule has 20 heavy (non-hydrogen) atoms. The van der Waals surface area contributed by atoms with Gasteiger partial charge >= 0.3 is 0 Å². The highest BCUT2D eigenvalue weighted by molar-refractivity contribution is 6.19. The molecule has 0 saturated carbocycles. The van der Waals surface area contributed by atoms with E-state index in [9.17, 15) is 14.4 Å². The maximum atomic E-state index is 12.5. The Morgan fingerprint density at radius 2 is 1.90 bits per heavy atom. The molecule has 0 aliphatic carbocycles. The number of hydrogen-bond acceptors (Lipinski definition) is 3. The van der Waals surface area contributed by atoms with E-state index in [1.165, 1.54) is 6.92 Å². The third-order valence-corrected chi connectivity index (χ3v) is 3.78. The van der Waals surface area contributed by atoms with Gasteiger partial charge < -0.3 is 4.57 Å². The van der Waals surface area contributed by atoms with E-state index in [2.05, 4.69) is 0 Å². The molecule has 0 bridgehead atoms. The minimum absolute atomic E-state index is 0.0890. The van der Waals surface area contributed by atoms with Gasteiger partial charge in [-0.2, -0.15) is 0 Å². The average molecular weight is 270 g/mol. The van der Waals surface area contributed by atoms with Gasteiger partial charge in [0.1, 0.15) is 5.69 Å². The molecule has 0 radical (unpaired) electrons. The van der Waals surface area contributed by atoms with Gasteiger partial charge in [-0.15, -0.1) is 0 Å². The number of aromatic nitrogens is 1. The Hall–Kier alpha value is -2.43. The summed E-state index contributed by atoms with van der Waals surface area (Å²) in [5.74, 6) is -0.813. The van der Waals surface area contributed by atoms with Gasteiger partial charge in [-0.25, -0.2) is 0 Å². The number of hydrogen-bond donors (Lipinski definition) is 0. The maximum absolute atomic E-state index is 12.5. The van der Waals surface area contributed by atoms with Crippen LogP contribution >= 0.6 is 0 Å². The lowest BCUT2D eigenvalue weighted by Crippen LogP contribution is -2.36. The quantitative estimate of drug-likeness (QED) is 0.732. The zero-order valence-corrected chi connectivity index (χ0v) is 11.3. The molecule has 1 aromatic carbocycles. The highest BCUT2D eigenvalue weighted by atomic mass is 16.2. The lowest BCUT2D eigenvalue weighted by Gasteiger charge is -2.16. The summed E-state index contributed by atoms with van der Waals surface area (Å²) in [6, 6.07) is 7.40. The molecular formula is C15H14N2O3. The number of carbonyl (C=O) groups excluding carboxylic acids is 3. The van der Waals surface area contributed by atoms with Gasteiger partial charge in [-0.3, -0.25) is 19.3 Å². The standard InChI is InChI=1S/C15H14N2O3/c1-9(18)17-8-7-12(19)13-10-5-3-4-6-11(10)16(2)14(13)15(17)20/h3-6H,7-8H2,1-2H3. The smallest absolute Gasteiger partial charge is 0.277 e. The van der Waals surface area contributed by atoms with Crippen LogP contribution in [0.15, 0.2) is 24.3 Å². The number of carbonyl (C=O) groups is 3. The van der Waals surface area contributed by atoms with Crippen molar-refractivity contribution >= 4 is 28.5 Å². The third-order valence-electron chi connectivity index (χ3n) is 3.78. The SMILES string of the molecule is CC(=O)N1CCC(=O)c2c(n(C)c3ccccc23)C1=O. The molecule has 102 valence electrons. The molecule has 0 unspecified atom stereocenters. The molecule has 2 aromatic rings. The number of amides is 2. The predicted octanol–water partition coefficient (Wildman–Crippen LogP) is 1.75. The average Bonchev–Trinajstić information content (AvgIpc) is 2.64. The maximum Gasteiger partial charge on any atom is 0.277 e. The first-order valence-corrected chi connectivity index (χ1v) is 6.45. The van der Waals surface area contributed by atoms with Crippen molar-refractivity contribution in [2.45, 2.75) is 13.3 Å². The summed E-state index contributed by atoms with van der Waals surface area (Å²) in [5.41, 5.74) is 1.57.